The molecular formula is C17H17N3OS. The van der Waals surface area contributed by atoms with Crippen LogP contribution >= 0.6 is 11.8 Å². The fourth-order valence-corrected chi connectivity index (χ4v) is 2.84. The second-order valence-electron chi connectivity index (χ2n) is 4.67. The monoisotopic (exact) mass is 311 g/mol. The Morgan fingerprint density at radius 1 is 1.14 bits per heavy atom. The van der Waals surface area contributed by atoms with Crippen molar-refractivity contribution in [2.45, 2.75) is 6.92 Å². The van der Waals surface area contributed by atoms with E-state index in [9.17, 15) is 0 Å². The van der Waals surface area contributed by atoms with Crippen molar-refractivity contribution < 1.29 is 4.74 Å². The number of benzene rings is 2. The smallest absolute Gasteiger partial charge is 0.182 e. The molecule has 1 aliphatic rings. The minimum absolute atomic E-state index is 0.678. The summed E-state index contributed by atoms with van der Waals surface area (Å²) < 4.78 is 5.45. The van der Waals surface area contributed by atoms with E-state index in [1.54, 1.807) is 11.8 Å². The lowest BCUT2D eigenvalue weighted by molar-refractivity contribution is 0.340. The van der Waals surface area contributed by atoms with Crippen LogP contribution in [0.15, 0.2) is 64.7 Å². The number of aliphatic imine (C=N–C) groups is 1. The molecule has 0 saturated heterocycles. The van der Waals surface area contributed by atoms with E-state index in [2.05, 4.69) is 15.5 Å². The Balaban J connectivity index is 1.69. The van der Waals surface area contributed by atoms with Crippen LogP contribution in [-0.4, -0.2) is 23.2 Å². The normalized spacial score (nSPS) is 16.0. The molecule has 0 amide bonds. The van der Waals surface area contributed by atoms with Crippen LogP contribution in [0.5, 0.6) is 5.75 Å². The average molecular weight is 311 g/mol. The number of nitrogens with one attached hydrogen (secondary N) is 1. The van der Waals surface area contributed by atoms with Gasteiger partial charge in [-0.05, 0) is 48.9 Å². The van der Waals surface area contributed by atoms with Crippen molar-refractivity contribution in [3.05, 3.63) is 60.2 Å². The highest BCUT2D eigenvalue weighted by atomic mass is 32.2. The van der Waals surface area contributed by atoms with E-state index in [0.29, 0.717) is 6.61 Å². The highest BCUT2D eigenvalue weighted by Crippen LogP contribution is 2.19. The number of amidine groups is 1. The molecule has 0 saturated carbocycles. The van der Waals surface area contributed by atoms with Gasteiger partial charge in [0.15, 0.2) is 5.17 Å². The third-order valence-electron chi connectivity index (χ3n) is 3.12. The van der Waals surface area contributed by atoms with Gasteiger partial charge in [-0.3, -0.25) is 5.43 Å². The molecule has 112 valence electrons. The van der Waals surface area contributed by atoms with E-state index >= 15 is 0 Å². The lowest BCUT2D eigenvalue weighted by Crippen LogP contribution is -2.25. The van der Waals surface area contributed by atoms with Crippen LogP contribution in [0.4, 0.5) is 5.69 Å². The predicted molar refractivity (Wildman–Crippen MR) is 93.3 cm³/mol. The van der Waals surface area contributed by atoms with Gasteiger partial charge in [-0.2, -0.15) is 5.10 Å². The number of thioether (sulfide) groups is 1. The van der Waals surface area contributed by atoms with Gasteiger partial charge in [0.25, 0.3) is 0 Å². The number of hydrogen-bond donors (Lipinski definition) is 1. The third kappa shape index (κ3) is 3.68. The van der Waals surface area contributed by atoms with Crippen molar-refractivity contribution in [1.29, 1.82) is 0 Å². The van der Waals surface area contributed by atoms with Crippen molar-refractivity contribution in [3.63, 3.8) is 0 Å². The third-order valence-corrected chi connectivity index (χ3v) is 3.99. The molecule has 0 aliphatic carbocycles. The molecule has 0 atom stereocenters. The van der Waals surface area contributed by atoms with Gasteiger partial charge in [0.2, 0.25) is 0 Å². The van der Waals surface area contributed by atoms with E-state index in [-0.39, 0.29) is 0 Å². The zero-order valence-electron chi connectivity index (χ0n) is 12.3. The number of para-hydroxylation sites is 1. The summed E-state index contributed by atoms with van der Waals surface area (Å²) in [5.41, 5.74) is 6.07. The summed E-state index contributed by atoms with van der Waals surface area (Å²) in [4.78, 5) is 4.53. The van der Waals surface area contributed by atoms with Gasteiger partial charge in [0.1, 0.15) is 5.75 Å². The Morgan fingerprint density at radius 3 is 2.55 bits per heavy atom. The fraction of sp³-hybridized carbons (Fsp3) is 0.176. The Bertz CT molecular complexity index is 681. The second-order valence-corrected chi connectivity index (χ2v) is 5.63. The molecule has 1 N–H and O–H groups in total. The molecular weight excluding hydrogens is 294 g/mol. The lowest BCUT2D eigenvalue weighted by Gasteiger charge is -2.15. The predicted octanol–water partition coefficient (Wildman–Crippen LogP) is 3.81. The Hall–Kier alpha value is -2.27. The van der Waals surface area contributed by atoms with E-state index in [1.165, 1.54) is 0 Å². The van der Waals surface area contributed by atoms with Crippen LogP contribution in [0.2, 0.25) is 0 Å². The zero-order chi connectivity index (χ0) is 15.2. The van der Waals surface area contributed by atoms with Crippen molar-refractivity contribution in [3.8, 4) is 5.75 Å². The molecule has 0 aromatic heterocycles. The number of ether oxygens (including phenoxy) is 1. The number of nitrogens with zero attached hydrogens (tertiary/aromatic N) is 2. The molecule has 22 heavy (non-hydrogen) atoms. The molecule has 0 unspecified atom stereocenters. The summed E-state index contributed by atoms with van der Waals surface area (Å²) >= 11 is 1.65. The van der Waals surface area contributed by atoms with Gasteiger partial charge in [0.05, 0.1) is 18.0 Å². The number of rotatable bonds is 4. The molecule has 0 spiro atoms. The second kappa shape index (κ2) is 7.13. The van der Waals surface area contributed by atoms with Crippen LogP contribution in [0.25, 0.3) is 0 Å². The van der Waals surface area contributed by atoms with Crippen molar-refractivity contribution in [2.24, 2.45) is 10.1 Å². The molecule has 1 heterocycles. The average Bonchev–Trinajstić information content (AvgIpc) is 2.58. The highest BCUT2D eigenvalue weighted by Gasteiger charge is 2.13. The highest BCUT2D eigenvalue weighted by molar-refractivity contribution is 8.14. The number of hydrazone groups is 1. The molecule has 3 rings (SSSR count). The first-order valence-electron chi connectivity index (χ1n) is 7.17. The van der Waals surface area contributed by atoms with Crippen LogP contribution < -0.4 is 10.2 Å². The standard InChI is InChI=1S/C17H17N3OS/c1-2-21-15-10-8-13(9-11-15)16-12-22-17(20-19-16)18-14-6-4-3-5-7-14/h3-11H,2,12H2,1H3,(H,18,20). The molecule has 0 bridgehead atoms. The van der Waals surface area contributed by atoms with Crippen molar-refractivity contribution >= 4 is 28.3 Å². The molecule has 4 nitrogen and oxygen atoms in total. The van der Waals surface area contributed by atoms with Crippen molar-refractivity contribution in [2.75, 3.05) is 12.4 Å². The lowest BCUT2D eigenvalue weighted by atomic mass is 10.1. The fourth-order valence-electron chi connectivity index (χ4n) is 2.05. The van der Waals surface area contributed by atoms with Crippen LogP contribution in [-0.2, 0) is 0 Å². The van der Waals surface area contributed by atoms with Gasteiger partial charge < -0.3 is 4.74 Å². The SMILES string of the molecule is CCOc1ccc(C2=NNC(=Nc3ccccc3)SC2)cc1. The molecule has 5 heteroatoms. The van der Waals surface area contributed by atoms with Crippen LogP contribution in [0, 0.1) is 0 Å². The van der Waals surface area contributed by atoms with E-state index < -0.39 is 0 Å². The van der Waals surface area contributed by atoms with E-state index in [0.717, 1.165) is 33.6 Å². The minimum atomic E-state index is 0.678. The summed E-state index contributed by atoms with van der Waals surface area (Å²) in [7, 11) is 0. The van der Waals surface area contributed by atoms with Crippen LogP contribution in [0.3, 0.4) is 0 Å². The number of hydrogen-bond acceptors (Lipinski definition) is 4. The molecule has 2 aromatic carbocycles. The van der Waals surface area contributed by atoms with Crippen LogP contribution in [0.1, 0.15) is 12.5 Å². The molecule has 0 radical (unpaired) electrons. The Labute approximate surface area is 134 Å². The van der Waals surface area contributed by atoms with E-state index in [1.807, 2.05) is 61.5 Å². The largest absolute Gasteiger partial charge is 0.494 e. The first kappa shape index (κ1) is 14.7. The maximum atomic E-state index is 5.45. The maximum Gasteiger partial charge on any atom is 0.182 e. The molecule has 0 fully saturated rings. The Kier molecular flexibility index (Phi) is 4.75. The molecule has 2 aromatic rings. The first-order chi connectivity index (χ1) is 10.8. The maximum absolute atomic E-state index is 5.45. The Morgan fingerprint density at radius 2 is 1.91 bits per heavy atom. The van der Waals surface area contributed by atoms with Crippen molar-refractivity contribution in [1.82, 2.24) is 5.43 Å². The van der Waals surface area contributed by atoms with Gasteiger partial charge in [-0.25, -0.2) is 4.99 Å². The van der Waals surface area contributed by atoms with Gasteiger partial charge >= 0.3 is 0 Å². The van der Waals surface area contributed by atoms with Gasteiger partial charge in [-0.15, -0.1) is 0 Å². The summed E-state index contributed by atoms with van der Waals surface area (Å²) in [6.07, 6.45) is 0. The van der Waals surface area contributed by atoms with Gasteiger partial charge in [-0.1, -0.05) is 30.0 Å². The summed E-state index contributed by atoms with van der Waals surface area (Å²) in [6.45, 7) is 2.66. The first-order valence-corrected chi connectivity index (χ1v) is 8.16. The minimum Gasteiger partial charge on any atom is -0.494 e. The quantitative estimate of drug-likeness (QED) is 0.934. The summed E-state index contributed by atoms with van der Waals surface area (Å²) in [5.74, 6) is 1.68. The summed E-state index contributed by atoms with van der Waals surface area (Å²) in [5, 5.41) is 5.25. The zero-order valence-corrected chi connectivity index (χ0v) is 13.1. The topological polar surface area (TPSA) is 46.0 Å². The van der Waals surface area contributed by atoms with Gasteiger partial charge in [0, 0.05) is 5.75 Å². The van der Waals surface area contributed by atoms with E-state index in [4.69, 9.17) is 4.74 Å². The summed E-state index contributed by atoms with van der Waals surface area (Å²) in [6, 6.07) is 17.9. The molecule has 1 aliphatic heterocycles.